The first-order valence-electron chi connectivity index (χ1n) is 7.18. The summed E-state index contributed by atoms with van der Waals surface area (Å²) in [7, 11) is 1.59. The zero-order valence-electron chi connectivity index (χ0n) is 13.1. The first-order chi connectivity index (χ1) is 11.1. The molecule has 23 heavy (non-hydrogen) atoms. The molecule has 0 spiro atoms. The summed E-state index contributed by atoms with van der Waals surface area (Å²) in [4.78, 5) is 16.9. The van der Waals surface area contributed by atoms with E-state index < -0.39 is 6.10 Å². The van der Waals surface area contributed by atoms with Gasteiger partial charge in [0, 0.05) is 23.7 Å². The van der Waals surface area contributed by atoms with E-state index in [2.05, 4.69) is 4.99 Å². The van der Waals surface area contributed by atoms with Crippen LogP contribution in [-0.2, 0) is 20.8 Å². The molecule has 2 rings (SSSR count). The quantitative estimate of drug-likeness (QED) is 0.718. The van der Waals surface area contributed by atoms with Gasteiger partial charge in [-0.25, -0.2) is 0 Å². The van der Waals surface area contributed by atoms with Crippen molar-refractivity contribution in [3.05, 3.63) is 51.2 Å². The first kappa shape index (κ1) is 17.9. The molecule has 124 valence electrons. The van der Waals surface area contributed by atoms with Crippen LogP contribution in [0.25, 0.3) is 0 Å². The van der Waals surface area contributed by atoms with Crippen LogP contribution >= 0.6 is 22.9 Å². The molecule has 0 aliphatic rings. The number of ether oxygens (including phenoxy) is 2. The molecular weight excluding hydrogens is 336 g/mol. The molecular formula is C16H19ClN2O3S. The lowest BCUT2D eigenvalue weighted by Gasteiger charge is -2.09. The topological polar surface area (TPSA) is 52.8 Å². The van der Waals surface area contributed by atoms with Crippen LogP contribution in [0.3, 0.4) is 0 Å². The molecule has 0 aliphatic heterocycles. The third-order valence-corrected chi connectivity index (χ3v) is 4.33. The van der Waals surface area contributed by atoms with E-state index in [1.54, 1.807) is 14.0 Å². The summed E-state index contributed by atoms with van der Waals surface area (Å²) in [6.07, 6.45) is 1.29. The van der Waals surface area contributed by atoms with E-state index in [4.69, 9.17) is 21.1 Å². The summed E-state index contributed by atoms with van der Waals surface area (Å²) < 4.78 is 12.2. The number of hydrogen-bond acceptors (Lipinski definition) is 4. The van der Waals surface area contributed by atoms with E-state index in [0.29, 0.717) is 29.6 Å². The van der Waals surface area contributed by atoms with E-state index in [9.17, 15) is 4.79 Å². The van der Waals surface area contributed by atoms with Gasteiger partial charge in [0.25, 0.3) is 5.91 Å². The molecule has 1 amide bonds. The van der Waals surface area contributed by atoms with Crippen LogP contribution in [0.1, 0.15) is 12.5 Å². The van der Waals surface area contributed by atoms with E-state index in [-0.39, 0.29) is 5.91 Å². The molecule has 0 N–H and O–H groups in total. The summed E-state index contributed by atoms with van der Waals surface area (Å²) in [5, 5.41) is 2.58. The Kier molecular flexibility index (Phi) is 6.98. The third-order valence-electron chi connectivity index (χ3n) is 3.17. The number of aromatic nitrogens is 1. The van der Waals surface area contributed by atoms with Crippen LogP contribution in [-0.4, -0.2) is 36.9 Å². The van der Waals surface area contributed by atoms with Crippen molar-refractivity contribution in [2.45, 2.75) is 19.6 Å². The molecule has 1 unspecified atom stereocenters. The summed E-state index contributed by atoms with van der Waals surface area (Å²) in [6.45, 7) is 3.06. The molecule has 1 aromatic carbocycles. The molecule has 0 bridgehead atoms. The maximum Gasteiger partial charge on any atom is 0.277 e. The molecule has 0 radical (unpaired) electrons. The Labute approximate surface area is 144 Å². The van der Waals surface area contributed by atoms with Crippen molar-refractivity contribution in [2.24, 2.45) is 4.99 Å². The highest BCUT2D eigenvalue weighted by Crippen LogP contribution is 2.15. The van der Waals surface area contributed by atoms with Gasteiger partial charge in [-0.05, 0) is 18.6 Å². The second-order valence-electron chi connectivity index (χ2n) is 4.86. The molecule has 1 heterocycles. The number of carbonyl (C=O) groups is 1. The van der Waals surface area contributed by atoms with Crippen molar-refractivity contribution in [3.63, 3.8) is 0 Å². The van der Waals surface area contributed by atoms with Crippen molar-refractivity contribution in [1.29, 1.82) is 0 Å². The van der Waals surface area contributed by atoms with Gasteiger partial charge in [0.15, 0.2) is 4.80 Å². The van der Waals surface area contributed by atoms with E-state index in [1.807, 2.05) is 40.4 Å². The summed E-state index contributed by atoms with van der Waals surface area (Å²) in [5.74, 6) is -0.309. The Bertz CT molecular complexity index is 711. The fourth-order valence-corrected chi connectivity index (χ4v) is 2.81. The van der Waals surface area contributed by atoms with Crippen LogP contribution in [0.2, 0.25) is 5.02 Å². The minimum atomic E-state index is -0.596. The number of carbonyl (C=O) groups excluding carboxylic acids is 1. The van der Waals surface area contributed by atoms with Crippen molar-refractivity contribution >= 4 is 28.8 Å². The Morgan fingerprint density at radius 3 is 2.91 bits per heavy atom. The molecule has 1 aromatic heterocycles. The number of benzene rings is 1. The molecule has 0 aliphatic carbocycles. The van der Waals surface area contributed by atoms with Gasteiger partial charge in [0.1, 0.15) is 6.10 Å². The van der Waals surface area contributed by atoms with E-state index in [0.717, 1.165) is 5.56 Å². The SMILES string of the molecule is COCCOC(C)C(=O)N=c1sccn1Cc1ccccc1Cl. The summed E-state index contributed by atoms with van der Waals surface area (Å²) >= 11 is 7.58. The maximum atomic E-state index is 12.1. The lowest BCUT2D eigenvalue weighted by Crippen LogP contribution is -2.25. The highest BCUT2D eigenvalue weighted by molar-refractivity contribution is 7.07. The fourth-order valence-electron chi connectivity index (χ4n) is 1.88. The first-order valence-corrected chi connectivity index (χ1v) is 8.44. The van der Waals surface area contributed by atoms with Crippen molar-refractivity contribution in [2.75, 3.05) is 20.3 Å². The zero-order valence-corrected chi connectivity index (χ0v) is 14.6. The van der Waals surface area contributed by atoms with Crippen molar-refractivity contribution in [3.8, 4) is 0 Å². The number of hydrogen-bond donors (Lipinski definition) is 0. The monoisotopic (exact) mass is 354 g/mol. The lowest BCUT2D eigenvalue weighted by atomic mass is 10.2. The summed E-state index contributed by atoms with van der Waals surface area (Å²) in [5.41, 5.74) is 0.978. The number of thiazole rings is 1. The third kappa shape index (κ3) is 5.28. The number of nitrogens with zero attached hydrogens (tertiary/aromatic N) is 2. The standard InChI is InChI=1S/C16H19ClN2O3S/c1-12(22-9-8-21-2)15(20)18-16-19(7-10-23-16)11-13-5-3-4-6-14(13)17/h3-7,10,12H,8-9,11H2,1-2H3. The molecule has 7 heteroatoms. The number of halogens is 1. The molecule has 5 nitrogen and oxygen atoms in total. The largest absolute Gasteiger partial charge is 0.382 e. The second-order valence-corrected chi connectivity index (χ2v) is 6.14. The smallest absolute Gasteiger partial charge is 0.277 e. The van der Waals surface area contributed by atoms with Crippen LogP contribution in [0, 0.1) is 0 Å². The highest BCUT2D eigenvalue weighted by atomic mass is 35.5. The molecule has 0 fully saturated rings. The molecule has 0 saturated carbocycles. The predicted molar refractivity (Wildman–Crippen MR) is 90.7 cm³/mol. The van der Waals surface area contributed by atoms with Gasteiger partial charge in [-0.2, -0.15) is 4.99 Å². The number of amides is 1. The summed E-state index contributed by atoms with van der Waals surface area (Å²) in [6, 6.07) is 7.62. The zero-order chi connectivity index (χ0) is 16.7. The predicted octanol–water partition coefficient (Wildman–Crippen LogP) is 2.73. The van der Waals surface area contributed by atoms with Crippen LogP contribution in [0.15, 0.2) is 40.8 Å². The molecule has 1 atom stereocenters. The Morgan fingerprint density at radius 2 is 2.17 bits per heavy atom. The Hall–Kier alpha value is -1.47. The maximum absolute atomic E-state index is 12.1. The average molecular weight is 355 g/mol. The van der Waals surface area contributed by atoms with Crippen LogP contribution < -0.4 is 4.80 Å². The van der Waals surface area contributed by atoms with Gasteiger partial charge in [-0.1, -0.05) is 29.8 Å². The van der Waals surface area contributed by atoms with Gasteiger partial charge >= 0.3 is 0 Å². The number of methoxy groups -OCH3 is 1. The van der Waals surface area contributed by atoms with Crippen molar-refractivity contribution in [1.82, 2.24) is 4.57 Å². The highest BCUT2D eigenvalue weighted by Gasteiger charge is 2.12. The minimum absolute atomic E-state index is 0.309. The Balaban J connectivity index is 2.10. The lowest BCUT2D eigenvalue weighted by molar-refractivity contribution is -0.129. The normalized spacial score (nSPS) is 13.3. The van der Waals surface area contributed by atoms with E-state index in [1.165, 1.54) is 11.3 Å². The van der Waals surface area contributed by atoms with Gasteiger partial charge in [0.05, 0.1) is 19.8 Å². The fraction of sp³-hybridized carbons (Fsp3) is 0.375. The molecule has 0 saturated heterocycles. The average Bonchev–Trinajstić information content (AvgIpc) is 2.96. The minimum Gasteiger partial charge on any atom is -0.382 e. The van der Waals surface area contributed by atoms with E-state index >= 15 is 0 Å². The Morgan fingerprint density at radius 1 is 1.39 bits per heavy atom. The second kappa shape index (κ2) is 8.98. The van der Waals surface area contributed by atoms with Crippen LogP contribution in [0.4, 0.5) is 0 Å². The van der Waals surface area contributed by atoms with Crippen molar-refractivity contribution < 1.29 is 14.3 Å². The van der Waals surface area contributed by atoms with Gasteiger partial charge < -0.3 is 14.0 Å². The van der Waals surface area contributed by atoms with Crippen LogP contribution in [0.5, 0.6) is 0 Å². The number of rotatable bonds is 7. The van der Waals surface area contributed by atoms with Gasteiger partial charge in [-0.3, -0.25) is 4.79 Å². The van der Waals surface area contributed by atoms with Gasteiger partial charge in [-0.15, -0.1) is 11.3 Å². The molecule has 2 aromatic rings. The van der Waals surface area contributed by atoms with Gasteiger partial charge in [0.2, 0.25) is 0 Å².